The van der Waals surface area contributed by atoms with E-state index >= 15 is 0 Å². The summed E-state index contributed by atoms with van der Waals surface area (Å²) in [5, 5.41) is 36.2. The molecule has 3 rings (SSSR count). The molecule has 3 aromatic rings. The van der Waals surface area contributed by atoms with Crippen molar-refractivity contribution in [1.29, 1.82) is 0 Å². The van der Waals surface area contributed by atoms with Crippen LogP contribution in [0.4, 0.5) is 0 Å². The van der Waals surface area contributed by atoms with Crippen LogP contribution in [0.2, 0.25) is 0 Å². The van der Waals surface area contributed by atoms with Crippen molar-refractivity contribution in [1.82, 2.24) is 25.8 Å². The van der Waals surface area contributed by atoms with E-state index in [0.717, 1.165) is 15.8 Å². The number of hydrogen-bond donors (Lipinski definition) is 8. The van der Waals surface area contributed by atoms with Crippen molar-refractivity contribution in [2.24, 2.45) is 5.73 Å². The van der Waals surface area contributed by atoms with Crippen molar-refractivity contribution in [2.75, 3.05) is 13.6 Å². The number of phenolic OH excluding ortho intramolecular Hbond substituents is 1. The van der Waals surface area contributed by atoms with Crippen LogP contribution in [0, 0.1) is 0 Å². The Morgan fingerprint density at radius 1 is 0.917 bits per heavy atom. The molecule has 0 aliphatic carbocycles. The number of hydrogen-bond acceptors (Lipinski definition) is 8. The molecule has 4 atom stereocenters. The van der Waals surface area contributed by atoms with Gasteiger partial charge in [-0.15, -0.1) is 0 Å². The van der Waals surface area contributed by atoms with E-state index in [9.17, 15) is 39.0 Å². The molecule has 0 bridgehead atoms. The van der Waals surface area contributed by atoms with Crippen molar-refractivity contribution in [3.8, 4) is 5.75 Å². The fourth-order valence-electron chi connectivity index (χ4n) is 5.18. The summed E-state index contributed by atoms with van der Waals surface area (Å²) in [4.78, 5) is 80.1. The molecule has 1 aromatic heterocycles. The first-order chi connectivity index (χ1) is 22.8. The fourth-order valence-corrected chi connectivity index (χ4v) is 5.18. The van der Waals surface area contributed by atoms with Crippen LogP contribution >= 0.6 is 0 Å². The number of fused-ring (bicyclic) bond motifs is 1. The molecule has 0 fully saturated rings. The summed E-state index contributed by atoms with van der Waals surface area (Å²) in [5.74, 6) is -5.72. The molecule has 0 spiro atoms. The fraction of sp³-hybridized carbons (Fsp3) is 0.394. The second-order valence-corrected chi connectivity index (χ2v) is 11.5. The lowest BCUT2D eigenvalue weighted by Gasteiger charge is -2.31. The van der Waals surface area contributed by atoms with Gasteiger partial charge in [0, 0.05) is 30.6 Å². The van der Waals surface area contributed by atoms with E-state index in [1.807, 2.05) is 31.2 Å². The first-order valence-corrected chi connectivity index (χ1v) is 15.5. The van der Waals surface area contributed by atoms with E-state index in [0.29, 0.717) is 24.0 Å². The van der Waals surface area contributed by atoms with Crippen LogP contribution in [-0.4, -0.2) is 98.5 Å². The quantitative estimate of drug-likeness (QED) is 0.0942. The molecule has 9 N–H and O–H groups in total. The Balaban J connectivity index is 1.79. The lowest BCUT2D eigenvalue weighted by Crippen LogP contribution is -2.57. The maximum Gasteiger partial charge on any atom is 0.326 e. The molecule has 0 saturated heterocycles. The second kappa shape index (κ2) is 17.5. The predicted octanol–water partition coefficient (Wildman–Crippen LogP) is 0.648. The number of carboxylic acids is 2. The number of amides is 4. The van der Waals surface area contributed by atoms with E-state index in [1.54, 1.807) is 18.3 Å². The molecular formula is C33H42N6O9. The Kier molecular flexibility index (Phi) is 13.5. The number of nitrogens with zero attached hydrogens (tertiary/aromatic N) is 1. The predicted molar refractivity (Wildman–Crippen MR) is 175 cm³/mol. The molecule has 0 saturated carbocycles. The van der Waals surface area contributed by atoms with E-state index in [4.69, 9.17) is 10.8 Å². The molecule has 0 radical (unpaired) electrons. The van der Waals surface area contributed by atoms with Gasteiger partial charge in [-0.05, 0) is 42.2 Å². The Morgan fingerprint density at radius 3 is 2.25 bits per heavy atom. The van der Waals surface area contributed by atoms with Gasteiger partial charge >= 0.3 is 11.9 Å². The average Bonchev–Trinajstić information content (AvgIpc) is 3.46. The number of aromatic amines is 1. The van der Waals surface area contributed by atoms with Gasteiger partial charge < -0.3 is 46.9 Å². The van der Waals surface area contributed by atoms with Gasteiger partial charge in [-0.3, -0.25) is 24.0 Å². The van der Waals surface area contributed by atoms with Crippen LogP contribution in [0.15, 0.2) is 54.7 Å². The first-order valence-electron chi connectivity index (χ1n) is 15.5. The smallest absolute Gasteiger partial charge is 0.326 e. The summed E-state index contributed by atoms with van der Waals surface area (Å²) in [6.45, 7) is 1.37. The van der Waals surface area contributed by atoms with Crippen LogP contribution in [0.5, 0.6) is 5.75 Å². The van der Waals surface area contributed by atoms with Crippen molar-refractivity contribution >= 4 is 46.5 Å². The normalized spacial score (nSPS) is 13.5. The molecule has 4 amide bonds. The topological polar surface area (TPSA) is 244 Å². The van der Waals surface area contributed by atoms with E-state index < -0.39 is 72.7 Å². The number of aliphatic carboxylic acids is 2. The van der Waals surface area contributed by atoms with Crippen LogP contribution in [0.1, 0.15) is 43.7 Å². The lowest BCUT2D eigenvalue weighted by atomic mass is 10.0. The van der Waals surface area contributed by atoms with Crippen LogP contribution in [-0.2, 0) is 41.6 Å². The zero-order chi connectivity index (χ0) is 35.4. The van der Waals surface area contributed by atoms with E-state index in [2.05, 4.69) is 20.9 Å². The van der Waals surface area contributed by atoms with Crippen molar-refractivity contribution in [3.63, 3.8) is 0 Å². The molecule has 1 heterocycles. The minimum Gasteiger partial charge on any atom is -0.508 e. The van der Waals surface area contributed by atoms with Crippen LogP contribution < -0.4 is 21.7 Å². The van der Waals surface area contributed by atoms with Crippen molar-refractivity contribution in [2.45, 2.75) is 69.6 Å². The Morgan fingerprint density at radius 2 is 1.60 bits per heavy atom. The SMILES string of the molecule is CCCC[C@@H](C(=O)N[C@@H](CC(=O)O)C(=O)O)N(C)C(=O)[C@H](Cc1c[nH]c2ccccc12)NC(=O)CNC(=O)[C@@H](N)Cc1ccc(O)cc1. The summed E-state index contributed by atoms with van der Waals surface area (Å²) in [6.07, 6.45) is 2.28. The third-order valence-electron chi connectivity index (χ3n) is 7.83. The van der Waals surface area contributed by atoms with Gasteiger partial charge in [0.15, 0.2) is 0 Å². The summed E-state index contributed by atoms with van der Waals surface area (Å²) < 4.78 is 0. The third-order valence-corrected chi connectivity index (χ3v) is 7.83. The van der Waals surface area contributed by atoms with Gasteiger partial charge in [-0.25, -0.2) is 4.79 Å². The number of aromatic hydroxyl groups is 1. The summed E-state index contributed by atoms with van der Waals surface area (Å²) >= 11 is 0. The van der Waals surface area contributed by atoms with Gasteiger partial charge in [0.25, 0.3) is 0 Å². The highest BCUT2D eigenvalue weighted by molar-refractivity contribution is 5.95. The zero-order valence-electron chi connectivity index (χ0n) is 26.8. The third kappa shape index (κ3) is 10.6. The highest BCUT2D eigenvalue weighted by Crippen LogP contribution is 2.20. The molecule has 0 unspecified atom stereocenters. The molecule has 15 nitrogen and oxygen atoms in total. The highest BCUT2D eigenvalue weighted by Gasteiger charge is 2.34. The lowest BCUT2D eigenvalue weighted by molar-refractivity contribution is -0.148. The number of phenols is 1. The largest absolute Gasteiger partial charge is 0.508 e. The Hall–Kier alpha value is -5.44. The zero-order valence-corrected chi connectivity index (χ0v) is 26.8. The molecule has 0 aliphatic heterocycles. The highest BCUT2D eigenvalue weighted by atomic mass is 16.4. The number of unbranched alkanes of at least 4 members (excludes halogenated alkanes) is 1. The van der Waals surface area contributed by atoms with Gasteiger partial charge in [0.05, 0.1) is 19.0 Å². The first kappa shape index (κ1) is 37.0. The number of carbonyl (C=O) groups is 6. The van der Waals surface area contributed by atoms with Crippen LogP contribution in [0.25, 0.3) is 10.9 Å². The van der Waals surface area contributed by atoms with Crippen molar-refractivity contribution < 1.29 is 44.1 Å². The number of H-pyrrole nitrogens is 1. The number of aromatic nitrogens is 1. The van der Waals surface area contributed by atoms with Gasteiger partial charge in [0.2, 0.25) is 23.6 Å². The van der Waals surface area contributed by atoms with Gasteiger partial charge in [-0.1, -0.05) is 50.1 Å². The Bertz CT molecular complexity index is 1610. The van der Waals surface area contributed by atoms with Crippen molar-refractivity contribution in [3.05, 3.63) is 65.9 Å². The summed E-state index contributed by atoms with van der Waals surface area (Å²) in [5.41, 5.74) is 8.20. The number of benzene rings is 2. The van der Waals surface area contributed by atoms with E-state index in [1.165, 1.54) is 19.2 Å². The number of likely N-dealkylation sites (N-methyl/N-ethyl adjacent to an activating group) is 1. The monoisotopic (exact) mass is 666 g/mol. The van der Waals surface area contributed by atoms with Gasteiger partial charge in [0.1, 0.15) is 23.9 Å². The number of carboxylic acid groups (broad SMARTS) is 2. The minimum atomic E-state index is -1.71. The molecule has 258 valence electrons. The maximum atomic E-state index is 14.0. The minimum absolute atomic E-state index is 0.00607. The number of carbonyl (C=O) groups excluding carboxylic acids is 4. The summed E-state index contributed by atoms with van der Waals surface area (Å²) in [6, 6.07) is 8.42. The van der Waals surface area contributed by atoms with Crippen LogP contribution in [0.3, 0.4) is 0 Å². The number of para-hydroxylation sites is 1. The maximum absolute atomic E-state index is 14.0. The molecular weight excluding hydrogens is 624 g/mol. The molecule has 0 aliphatic rings. The number of nitrogens with one attached hydrogen (secondary N) is 4. The standard InChI is InChI=1S/C33H42N6O9/c1-3-4-9-27(31(45)38-26(33(47)48)16-29(42)43)39(2)32(46)25(15-20-17-35-24-8-6-5-7-22(20)24)37-28(41)18-36-30(44)23(34)14-19-10-12-21(40)13-11-19/h5-8,10-13,17,23,25-27,35,40H,3-4,9,14-16,18,34H2,1-2H3,(H,36,44)(H,37,41)(H,38,45)(H,42,43)(H,47,48)/t23-,25-,26-,27-/m0/s1. The molecule has 15 heteroatoms. The van der Waals surface area contributed by atoms with E-state index in [-0.39, 0.29) is 25.0 Å². The Labute approximate surface area is 276 Å². The summed E-state index contributed by atoms with van der Waals surface area (Å²) in [7, 11) is 1.35. The van der Waals surface area contributed by atoms with Gasteiger partial charge in [-0.2, -0.15) is 0 Å². The average molecular weight is 667 g/mol. The molecule has 48 heavy (non-hydrogen) atoms. The second-order valence-electron chi connectivity index (χ2n) is 11.5. The molecule has 2 aromatic carbocycles. The number of rotatable bonds is 18. The number of nitrogens with two attached hydrogens (primary N) is 1.